The van der Waals surface area contributed by atoms with Gasteiger partial charge in [-0.05, 0) is 48.9 Å². The predicted octanol–water partition coefficient (Wildman–Crippen LogP) is 3.32. The summed E-state index contributed by atoms with van der Waals surface area (Å²) >= 11 is 0. The predicted molar refractivity (Wildman–Crippen MR) is 118 cm³/mol. The van der Waals surface area contributed by atoms with Gasteiger partial charge in [0.25, 0.3) is 5.91 Å². The third kappa shape index (κ3) is 5.15. The second kappa shape index (κ2) is 9.69. The van der Waals surface area contributed by atoms with Crippen molar-refractivity contribution in [2.24, 2.45) is 0 Å². The van der Waals surface area contributed by atoms with Crippen LogP contribution in [0, 0.1) is 11.3 Å². The Bertz CT molecular complexity index is 1070. The van der Waals surface area contributed by atoms with Crippen molar-refractivity contribution in [3.05, 3.63) is 66.4 Å². The summed E-state index contributed by atoms with van der Waals surface area (Å²) in [6.45, 7) is 2.42. The van der Waals surface area contributed by atoms with Gasteiger partial charge in [-0.15, -0.1) is 0 Å². The Morgan fingerprint density at radius 3 is 2.65 bits per heavy atom. The molecule has 156 valence electrons. The van der Waals surface area contributed by atoms with Crippen LogP contribution in [0.1, 0.15) is 16.8 Å². The molecule has 1 aliphatic rings. The molecule has 0 aliphatic carbocycles. The van der Waals surface area contributed by atoms with Gasteiger partial charge in [0, 0.05) is 35.2 Å². The van der Waals surface area contributed by atoms with Gasteiger partial charge in [0.05, 0.1) is 18.4 Å². The highest BCUT2D eigenvalue weighted by Crippen LogP contribution is 2.23. The van der Waals surface area contributed by atoms with E-state index in [-0.39, 0.29) is 12.5 Å². The van der Waals surface area contributed by atoms with Crippen molar-refractivity contribution >= 4 is 23.2 Å². The average molecular weight is 414 g/mol. The number of aromatic nitrogens is 2. The number of amides is 1. The van der Waals surface area contributed by atoms with Crippen LogP contribution in [-0.2, 0) is 4.74 Å². The molecule has 31 heavy (non-hydrogen) atoms. The lowest BCUT2D eigenvalue weighted by Gasteiger charge is -2.28. The normalized spacial score (nSPS) is 13.3. The van der Waals surface area contributed by atoms with E-state index in [9.17, 15) is 4.79 Å². The summed E-state index contributed by atoms with van der Waals surface area (Å²) in [4.78, 5) is 23.0. The molecule has 8 heteroatoms. The SMILES string of the molecule is N#CCNC(=O)c1ccc(-c2ccnc(Nc3ccc(N4CCCOC4)cc3)n2)cc1. The first-order chi connectivity index (χ1) is 15.2. The van der Waals surface area contributed by atoms with Crippen LogP contribution in [0.5, 0.6) is 0 Å². The molecule has 0 unspecified atom stereocenters. The highest BCUT2D eigenvalue weighted by atomic mass is 16.5. The summed E-state index contributed by atoms with van der Waals surface area (Å²) in [7, 11) is 0. The first-order valence-corrected chi connectivity index (χ1v) is 10.0. The van der Waals surface area contributed by atoms with E-state index in [1.807, 2.05) is 36.4 Å². The van der Waals surface area contributed by atoms with Crippen LogP contribution in [-0.4, -0.2) is 42.3 Å². The van der Waals surface area contributed by atoms with Crippen LogP contribution in [0.4, 0.5) is 17.3 Å². The molecule has 0 atom stereocenters. The van der Waals surface area contributed by atoms with Gasteiger partial charge >= 0.3 is 0 Å². The lowest BCUT2D eigenvalue weighted by atomic mass is 10.1. The molecule has 3 aromatic rings. The van der Waals surface area contributed by atoms with Crippen molar-refractivity contribution in [2.75, 3.05) is 36.6 Å². The fourth-order valence-corrected chi connectivity index (χ4v) is 3.28. The minimum atomic E-state index is -0.280. The number of hydrogen-bond acceptors (Lipinski definition) is 7. The molecule has 4 rings (SSSR count). The number of nitrogens with one attached hydrogen (secondary N) is 2. The van der Waals surface area contributed by atoms with E-state index in [0.29, 0.717) is 18.2 Å². The minimum Gasteiger partial charge on any atom is -0.361 e. The number of benzene rings is 2. The first-order valence-electron chi connectivity index (χ1n) is 10.0. The summed E-state index contributed by atoms with van der Waals surface area (Å²) in [5, 5.41) is 14.3. The van der Waals surface area contributed by atoms with Crippen molar-refractivity contribution in [1.82, 2.24) is 15.3 Å². The Kier molecular flexibility index (Phi) is 6.35. The minimum absolute atomic E-state index is 0.0195. The molecular weight excluding hydrogens is 392 g/mol. The Morgan fingerprint density at radius 2 is 1.94 bits per heavy atom. The molecule has 1 aliphatic heterocycles. The van der Waals surface area contributed by atoms with Gasteiger partial charge in [0.15, 0.2) is 0 Å². The summed E-state index contributed by atoms with van der Waals surface area (Å²) in [5.41, 5.74) is 4.11. The average Bonchev–Trinajstić information content (AvgIpc) is 2.84. The number of nitriles is 1. The fraction of sp³-hybridized carbons (Fsp3) is 0.217. The van der Waals surface area contributed by atoms with Crippen molar-refractivity contribution in [2.45, 2.75) is 6.42 Å². The van der Waals surface area contributed by atoms with Crippen LogP contribution >= 0.6 is 0 Å². The third-order valence-electron chi connectivity index (χ3n) is 4.88. The van der Waals surface area contributed by atoms with Crippen LogP contribution in [0.2, 0.25) is 0 Å². The van der Waals surface area contributed by atoms with Crippen molar-refractivity contribution in [1.29, 1.82) is 5.26 Å². The van der Waals surface area contributed by atoms with Crippen molar-refractivity contribution in [3.8, 4) is 17.3 Å². The van der Waals surface area contributed by atoms with E-state index in [0.717, 1.165) is 42.2 Å². The number of rotatable bonds is 6. The van der Waals surface area contributed by atoms with E-state index >= 15 is 0 Å². The maximum Gasteiger partial charge on any atom is 0.252 e. The second-order valence-electron chi connectivity index (χ2n) is 7.01. The lowest BCUT2D eigenvalue weighted by Crippen LogP contribution is -2.32. The number of hydrogen-bond donors (Lipinski definition) is 2. The van der Waals surface area contributed by atoms with Crippen LogP contribution in [0.25, 0.3) is 11.3 Å². The topological polar surface area (TPSA) is 103 Å². The molecule has 0 saturated carbocycles. The van der Waals surface area contributed by atoms with E-state index in [2.05, 4.69) is 37.6 Å². The van der Waals surface area contributed by atoms with Crippen molar-refractivity contribution in [3.63, 3.8) is 0 Å². The van der Waals surface area contributed by atoms with Gasteiger partial charge in [-0.3, -0.25) is 4.79 Å². The summed E-state index contributed by atoms with van der Waals surface area (Å²) < 4.78 is 5.51. The molecule has 0 radical (unpaired) electrons. The largest absolute Gasteiger partial charge is 0.361 e. The summed E-state index contributed by atoms with van der Waals surface area (Å²) in [6, 6.07) is 18.9. The molecular formula is C23H22N6O2. The zero-order chi connectivity index (χ0) is 21.5. The molecule has 1 fully saturated rings. The molecule has 1 aromatic heterocycles. The summed E-state index contributed by atoms with van der Waals surface area (Å²) in [5.74, 6) is 0.208. The Morgan fingerprint density at radius 1 is 1.13 bits per heavy atom. The highest BCUT2D eigenvalue weighted by Gasteiger charge is 2.11. The third-order valence-corrected chi connectivity index (χ3v) is 4.88. The molecule has 8 nitrogen and oxygen atoms in total. The molecule has 1 saturated heterocycles. The van der Waals surface area contributed by atoms with E-state index in [1.165, 1.54) is 0 Å². The molecule has 1 amide bonds. The van der Waals surface area contributed by atoms with Gasteiger partial charge in [-0.1, -0.05) is 12.1 Å². The number of nitrogens with zero attached hydrogens (tertiary/aromatic N) is 4. The second-order valence-corrected chi connectivity index (χ2v) is 7.01. The maximum atomic E-state index is 11.9. The van der Waals surface area contributed by atoms with E-state index < -0.39 is 0 Å². The Labute approximate surface area is 180 Å². The molecule has 0 spiro atoms. The Balaban J connectivity index is 1.43. The van der Waals surface area contributed by atoms with Gasteiger partial charge in [0.2, 0.25) is 5.95 Å². The fourth-order valence-electron chi connectivity index (χ4n) is 3.28. The molecule has 2 N–H and O–H groups in total. The zero-order valence-electron chi connectivity index (χ0n) is 16.9. The number of carbonyl (C=O) groups is 1. The van der Waals surface area contributed by atoms with Gasteiger partial charge in [0.1, 0.15) is 13.3 Å². The molecule has 2 heterocycles. The zero-order valence-corrected chi connectivity index (χ0v) is 16.9. The maximum absolute atomic E-state index is 11.9. The molecule has 2 aromatic carbocycles. The standard InChI is InChI=1S/C23H22N6O2/c24-11-13-25-22(30)18-4-2-17(3-5-18)21-10-12-26-23(28-21)27-19-6-8-20(9-7-19)29-14-1-15-31-16-29/h2-10,12H,1,13-16H2,(H,25,30)(H,26,27,28). The quantitative estimate of drug-likeness (QED) is 0.596. The monoisotopic (exact) mass is 414 g/mol. The van der Waals surface area contributed by atoms with Crippen LogP contribution < -0.4 is 15.5 Å². The first kappa shape index (κ1) is 20.3. The van der Waals surface area contributed by atoms with Gasteiger partial charge in [-0.25, -0.2) is 9.97 Å². The van der Waals surface area contributed by atoms with Gasteiger partial charge in [-0.2, -0.15) is 5.26 Å². The van der Waals surface area contributed by atoms with E-state index in [1.54, 1.807) is 18.3 Å². The van der Waals surface area contributed by atoms with Crippen LogP contribution in [0.3, 0.4) is 0 Å². The van der Waals surface area contributed by atoms with Crippen molar-refractivity contribution < 1.29 is 9.53 Å². The lowest BCUT2D eigenvalue weighted by molar-refractivity contribution is 0.0958. The molecule has 0 bridgehead atoms. The number of anilines is 3. The summed E-state index contributed by atoms with van der Waals surface area (Å²) in [6.07, 6.45) is 2.73. The highest BCUT2D eigenvalue weighted by molar-refractivity contribution is 5.94. The smallest absolute Gasteiger partial charge is 0.252 e. The van der Waals surface area contributed by atoms with E-state index in [4.69, 9.17) is 10.00 Å². The Hall–Kier alpha value is -3.96. The van der Waals surface area contributed by atoms with Crippen LogP contribution in [0.15, 0.2) is 60.8 Å². The number of carbonyl (C=O) groups excluding carboxylic acids is 1. The van der Waals surface area contributed by atoms with Gasteiger partial charge < -0.3 is 20.3 Å². The number of ether oxygens (including phenoxy) is 1.